The number of hydrogen-bond donors (Lipinski definition) is 0. The number of allylic oxidation sites excluding steroid dienone is 4. The fraction of sp³-hybridized carbons (Fsp3) is 0.833. The molecule has 0 heterocycles. The number of hydrogen-bond acceptors (Lipinski definition) is 3. The van der Waals surface area contributed by atoms with Gasteiger partial charge in [-0.15, -0.1) is 0 Å². The van der Waals surface area contributed by atoms with Crippen LogP contribution in [0, 0.1) is 34.5 Å². The predicted molar refractivity (Wildman–Crippen MR) is 135 cm³/mol. The quantitative estimate of drug-likeness (QED) is 0.360. The van der Waals surface area contributed by atoms with Gasteiger partial charge in [0.15, 0.2) is 0 Å². The van der Waals surface area contributed by atoms with E-state index in [-0.39, 0.29) is 11.5 Å². The lowest BCUT2D eigenvalue weighted by Crippen LogP contribution is -2.44. The van der Waals surface area contributed by atoms with Gasteiger partial charge in [0.2, 0.25) is 0 Å². The molecular weight excluding hydrogens is 408 g/mol. The molecule has 1 saturated carbocycles. The van der Waals surface area contributed by atoms with Gasteiger partial charge in [0.25, 0.3) is 0 Å². The Kier molecular flexibility index (Phi) is 7.37. The van der Waals surface area contributed by atoms with Crippen LogP contribution in [0.3, 0.4) is 0 Å². The largest absolute Gasteiger partial charge is 0.508 e. The first kappa shape index (κ1) is 24.9. The Labute approximate surface area is 202 Å². The number of ether oxygens (including phenoxy) is 2. The smallest absolute Gasteiger partial charge is 0.435 e. The fourth-order valence-corrected chi connectivity index (χ4v) is 8.16. The third-order valence-electron chi connectivity index (χ3n) is 10.1. The number of rotatable bonds is 7. The van der Waals surface area contributed by atoms with E-state index in [0.29, 0.717) is 17.9 Å². The number of carbonyl (C=O) groups excluding carboxylic acids is 1. The summed E-state index contributed by atoms with van der Waals surface area (Å²) in [6.07, 6.45) is 15.7. The summed E-state index contributed by atoms with van der Waals surface area (Å²) in [5, 5.41) is 0. The monoisotopic (exact) mass is 456 g/mol. The zero-order valence-electron chi connectivity index (χ0n) is 22.2. The van der Waals surface area contributed by atoms with Crippen LogP contribution in [-0.4, -0.2) is 18.9 Å². The summed E-state index contributed by atoms with van der Waals surface area (Å²) in [5.41, 5.74) is 5.90. The molecule has 1 fully saturated rings. The molecule has 0 aromatic rings. The van der Waals surface area contributed by atoms with Crippen molar-refractivity contribution in [2.75, 3.05) is 6.61 Å². The standard InChI is InChI=1S/C30H48O3/c1-7-32-28(31)33-23-15-17-29(5)22(19-23)11-12-24-26-14-13-25(21(4)10-8-9-20(2)3)30(26,6)18-16-27(24)29/h14,20-23,25H,7-13,15-19H2,1-6H3/t21-,22+,23+,25-,29+,30-/m1/s1. The lowest BCUT2D eigenvalue weighted by atomic mass is 9.51. The maximum Gasteiger partial charge on any atom is 0.508 e. The van der Waals surface area contributed by atoms with Crippen molar-refractivity contribution in [1.29, 1.82) is 0 Å². The van der Waals surface area contributed by atoms with E-state index in [1.54, 1.807) is 16.7 Å². The molecule has 3 heteroatoms. The lowest BCUT2D eigenvalue weighted by molar-refractivity contribution is -0.0232. The topological polar surface area (TPSA) is 35.5 Å². The minimum absolute atomic E-state index is 0.0277. The second-order valence-corrected chi connectivity index (χ2v) is 12.5. The summed E-state index contributed by atoms with van der Waals surface area (Å²) < 4.78 is 10.7. The van der Waals surface area contributed by atoms with Crippen molar-refractivity contribution in [2.45, 2.75) is 118 Å². The summed E-state index contributed by atoms with van der Waals surface area (Å²) in [4.78, 5) is 11.9. The summed E-state index contributed by atoms with van der Waals surface area (Å²) in [7, 11) is 0. The third kappa shape index (κ3) is 4.67. The van der Waals surface area contributed by atoms with Gasteiger partial charge in [-0.25, -0.2) is 4.79 Å². The summed E-state index contributed by atoms with van der Waals surface area (Å²) >= 11 is 0. The van der Waals surface area contributed by atoms with Crippen LogP contribution in [-0.2, 0) is 9.47 Å². The van der Waals surface area contributed by atoms with Crippen LogP contribution in [0.4, 0.5) is 4.79 Å². The van der Waals surface area contributed by atoms with Crippen LogP contribution in [0.5, 0.6) is 0 Å². The molecule has 0 radical (unpaired) electrons. The van der Waals surface area contributed by atoms with Crippen molar-refractivity contribution in [3.05, 3.63) is 22.8 Å². The molecule has 186 valence electrons. The molecule has 4 rings (SSSR count). The molecule has 0 N–H and O–H groups in total. The zero-order valence-corrected chi connectivity index (χ0v) is 22.2. The van der Waals surface area contributed by atoms with Gasteiger partial charge in [0, 0.05) is 0 Å². The van der Waals surface area contributed by atoms with Crippen molar-refractivity contribution < 1.29 is 14.3 Å². The Morgan fingerprint density at radius 2 is 1.88 bits per heavy atom. The highest BCUT2D eigenvalue weighted by Crippen LogP contribution is 2.64. The number of carbonyl (C=O) groups is 1. The maximum atomic E-state index is 11.9. The first-order valence-electron chi connectivity index (χ1n) is 14.0. The maximum absolute atomic E-state index is 11.9. The van der Waals surface area contributed by atoms with Gasteiger partial charge < -0.3 is 9.47 Å². The molecule has 4 aliphatic rings. The molecule has 0 aromatic carbocycles. The molecule has 0 spiro atoms. The molecule has 0 aliphatic heterocycles. The molecule has 0 unspecified atom stereocenters. The summed E-state index contributed by atoms with van der Waals surface area (Å²) in [6.45, 7) is 14.6. The molecule has 3 nitrogen and oxygen atoms in total. The van der Waals surface area contributed by atoms with Gasteiger partial charge in [-0.1, -0.05) is 65.5 Å². The van der Waals surface area contributed by atoms with Crippen LogP contribution in [0.25, 0.3) is 0 Å². The third-order valence-corrected chi connectivity index (χ3v) is 10.1. The Bertz CT molecular complexity index is 792. The Balaban J connectivity index is 1.47. The average Bonchev–Trinajstić information content (AvgIpc) is 3.11. The van der Waals surface area contributed by atoms with Crippen LogP contribution in [0.2, 0.25) is 0 Å². The van der Waals surface area contributed by atoms with E-state index in [9.17, 15) is 4.79 Å². The Morgan fingerprint density at radius 1 is 1.09 bits per heavy atom. The molecule has 0 aromatic heterocycles. The van der Waals surface area contributed by atoms with Gasteiger partial charge in [-0.2, -0.15) is 0 Å². The van der Waals surface area contributed by atoms with Crippen LogP contribution in [0.15, 0.2) is 22.8 Å². The molecular formula is C30H48O3. The molecule has 0 saturated heterocycles. The van der Waals surface area contributed by atoms with E-state index < -0.39 is 6.16 Å². The van der Waals surface area contributed by atoms with Gasteiger partial charge in [-0.3, -0.25) is 0 Å². The van der Waals surface area contributed by atoms with Crippen LogP contribution in [0.1, 0.15) is 112 Å². The second-order valence-electron chi connectivity index (χ2n) is 12.5. The average molecular weight is 457 g/mol. The van der Waals surface area contributed by atoms with E-state index in [2.05, 4.69) is 40.7 Å². The fourth-order valence-electron chi connectivity index (χ4n) is 8.16. The summed E-state index contributed by atoms with van der Waals surface area (Å²) in [6, 6.07) is 0. The van der Waals surface area contributed by atoms with Gasteiger partial charge >= 0.3 is 6.16 Å². The minimum Gasteiger partial charge on any atom is -0.435 e. The predicted octanol–water partition coefficient (Wildman–Crippen LogP) is 8.63. The van der Waals surface area contributed by atoms with E-state index in [4.69, 9.17) is 9.47 Å². The van der Waals surface area contributed by atoms with Gasteiger partial charge in [-0.05, 0) is 104 Å². The Hall–Kier alpha value is -1.25. The highest BCUT2D eigenvalue weighted by atomic mass is 16.7. The van der Waals surface area contributed by atoms with Gasteiger partial charge in [0.1, 0.15) is 6.10 Å². The zero-order chi connectivity index (χ0) is 23.8. The summed E-state index contributed by atoms with van der Waals surface area (Å²) in [5.74, 6) is 3.07. The normalized spacial score (nSPS) is 36.6. The number of fused-ring (bicyclic) bond motifs is 4. The van der Waals surface area contributed by atoms with Crippen molar-refractivity contribution in [3.8, 4) is 0 Å². The SMILES string of the molecule is CCOC(=O)O[C@H]1CC[C@]2(C)C3=C(CC[C@H]2C1)C1=CC[C@H]([C@H](C)CCCC(C)C)[C@@]1(C)CC3. The first-order valence-corrected chi connectivity index (χ1v) is 14.0. The molecule has 0 bridgehead atoms. The van der Waals surface area contributed by atoms with Crippen LogP contribution < -0.4 is 0 Å². The van der Waals surface area contributed by atoms with E-state index in [1.165, 1.54) is 51.4 Å². The highest BCUT2D eigenvalue weighted by molar-refractivity contribution is 5.60. The van der Waals surface area contributed by atoms with E-state index in [0.717, 1.165) is 37.0 Å². The molecule has 33 heavy (non-hydrogen) atoms. The highest BCUT2D eigenvalue weighted by Gasteiger charge is 2.53. The van der Waals surface area contributed by atoms with Crippen molar-refractivity contribution in [1.82, 2.24) is 0 Å². The van der Waals surface area contributed by atoms with E-state index >= 15 is 0 Å². The van der Waals surface area contributed by atoms with Crippen molar-refractivity contribution in [2.24, 2.45) is 34.5 Å². The van der Waals surface area contributed by atoms with Crippen molar-refractivity contribution >= 4 is 6.16 Å². The molecule has 6 atom stereocenters. The lowest BCUT2D eigenvalue weighted by Gasteiger charge is -2.54. The second kappa shape index (κ2) is 9.78. The Morgan fingerprint density at radius 3 is 2.61 bits per heavy atom. The van der Waals surface area contributed by atoms with Crippen molar-refractivity contribution in [3.63, 3.8) is 0 Å². The minimum atomic E-state index is -0.486. The molecule has 4 aliphatic carbocycles. The van der Waals surface area contributed by atoms with Crippen LogP contribution >= 0.6 is 0 Å². The van der Waals surface area contributed by atoms with Gasteiger partial charge in [0.05, 0.1) is 6.61 Å². The first-order chi connectivity index (χ1) is 15.7. The molecule has 0 amide bonds. The van der Waals surface area contributed by atoms with E-state index in [1.807, 2.05) is 6.92 Å².